The van der Waals surface area contributed by atoms with Crippen LogP contribution in [0.2, 0.25) is 12.1 Å². The summed E-state index contributed by atoms with van der Waals surface area (Å²) < 4.78 is 11.0. The third-order valence-electron chi connectivity index (χ3n) is 2.74. The molecular formula is C9H24N2O2Si. The molecule has 0 aromatic rings. The zero-order valence-electron chi connectivity index (χ0n) is 9.91. The molecule has 4 nitrogen and oxygen atoms in total. The molecule has 0 fully saturated rings. The molecular weight excluding hydrogens is 196 g/mol. The van der Waals surface area contributed by atoms with Gasteiger partial charge >= 0.3 is 8.56 Å². The number of rotatable bonds is 6. The maximum absolute atomic E-state index is 5.94. The van der Waals surface area contributed by atoms with E-state index in [1.54, 1.807) is 14.2 Å². The molecule has 3 atom stereocenters. The molecule has 0 amide bonds. The molecule has 0 aliphatic heterocycles. The minimum absolute atomic E-state index is 0.0533. The van der Waals surface area contributed by atoms with Crippen LogP contribution in [0.25, 0.3) is 0 Å². The molecule has 0 rings (SSSR count). The van der Waals surface area contributed by atoms with E-state index in [-0.39, 0.29) is 17.6 Å². The molecule has 0 spiro atoms. The van der Waals surface area contributed by atoms with Crippen molar-refractivity contribution in [2.75, 3.05) is 14.2 Å². The molecule has 0 saturated carbocycles. The van der Waals surface area contributed by atoms with E-state index >= 15 is 0 Å². The van der Waals surface area contributed by atoms with Gasteiger partial charge in [0.25, 0.3) is 0 Å². The minimum atomic E-state index is -2.16. The van der Waals surface area contributed by atoms with Gasteiger partial charge in [0, 0.05) is 31.8 Å². The Morgan fingerprint density at radius 1 is 1.14 bits per heavy atom. The summed E-state index contributed by atoms with van der Waals surface area (Å²) in [5.41, 5.74) is 12.0. The van der Waals surface area contributed by atoms with Crippen molar-refractivity contribution in [1.29, 1.82) is 0 Å². The van der Waals surface area contributed by atoms with Crippen LogP contribution >= 0.6 is 0 Å². The third-order valence-corrected chi connectivity index (χ3v) is 6.47. The van der Waals surface area contributed by atoms with Crippen LogP contribution in [0.1, 0.15) is 20.3 Å². The van der Waals surface area contributed by atoms with Crippen LogP contribution in [0.5, 0.6) is 0 Å². The van der Waals surface area contributed by atoms with Crippen molar-refractivity contribution in [3.05, 3.63) is 0 Å². The van der Waals surface area contributed by atoms with Gasteiger partial charge in [0.2, 0.25) is 0 Å². The van der Waals surface area contributed by atoms with Gasteiger partial charge < -0.3 is 20.3 Å². The van der Waals surface area contributed by atoms with E-state index in [4.69, 9.17) is 20.3 Å². The van der Waals surface area contributed by atoms with E-state index in [0.717, 1.165) is 6.42 Å². The Morgan fingerprint density at radius 3 is 1.79 bits per heavy atom. The average molecular weight is 220 g/mol. The first kappa shape index (κ1) is 14.1. The van der Waals surface area contributed by atoms with E-state index in [1.807, 2.05) is 20.4 Å². The first-order valence-electron chi connectivity index (χ1n) is 4.98. The highest BCUT2D eigenvalue weighted by atomic mass is 28.4. The largest absolute Gasteiger partial charge is 0.398 e. The molecule has 0 aromatic carbocycles. The fourth-order valence-electron chi connectivity index (χ4n) is 1.69. The Labute approximate surface area is 88.2 Å². The van der Waals surface area contributed by atoms with E-state index in [1.165, 1.54) is 0 Å². The molecule has 86 valence electrons. The van der Waals surface area contributed by atoms with Crippen LogP contribution < -0.4 is 11.5 Å². The first-order chi connectivity index (χ1) is 6.37. The van der Waals surface area contributed by atoms with E-state index < -0.39 is 8.56 Å². The molecule has 0 aliphatic carbocycles. The summed E-state index contributed by atoms with van der Waals surface area (Å²) >= 11 is 0. The Morgan fingerprint density at radius 2 is 1.57 bits per heavy atom. The van der Waals surface area contributed by atoms with Crippen LogP contribution in [-0.2, 0) is 8.85 Å². The van der Waals surface area contributed by atoms with E-state index in [0.29, 0.717) is 0 Å². The van der Waals surface area contributed by atoms with Crippen molar-refractivity contribution in [1.82, 2.24) is 0 Å². The number of nitrogens with two attached hydrogens (primary N) is 2. The van der Waals surface area contributed by atoms with Gasteiger partial charge in [-0.05, 0) is 26.8 Å². The smallest absolute Gasteiger partial charge is 0.339 e. The Balaban J connectivity index is 4.61. The van der Waals surface area contributed by atoms with Crippen molar-refractivity contribution in [3.8, 4) is 0 Å². The Kier molecular flexibility index (Phi) is 5.85. The summed E-state index contributed by atoms with van der Waals surface area (Å²) in [6.45, 7) is 6.00. The second-order valence-electron chi connectivity index (χ2n) is 4.10. The van der Waals surface area contributed by atoms with Crippen molar-refractivity contribution in [3.63, 3.8) is 0 Å². The van der Waals surface area contributed by atoms with Gasteiger partial charge in [0.15, 0.2) is 0 Å². The second kappa shape index (κ2) is 5.82. The van der Waals surface area contributed by atoms with Crippen molar-refractivity contribution in [2.45, 2.75) is 44.4 Å². The Hall–Kier alpha value is 0.0569. The number of hydrogen-bond acceptors (Lipinski definition) is 4. The maximum atomic E-state index is 5.94. The normalized spacial score (nSPS) is 19.1. The van der Waals surface area contributed by atoms with E-state index in [9.17, 15) is 0 Å². The molecule has 4 N–H and O–H groups in total. The second-order valence-corrected chi connectivity index (χ2v) is 7.69. The third kappa shape index (κ3) is 3.66. The molecule has 5 heteroatoms. The van der Waals surface area contributed by atoms with Crippen LogP contribution in [0, 0.1) is 0 Å². The summed E-state index contributed by atoms with van der Waals surface area (Å²) in [5.74, 6) is 0. The monoisotopic (exact) mass is 220 g/mol. The predicted molar refractivity (Wildman–Crippen MR) is 61.3 cm³/mol. The average Bonchev–Trinajstić information content (AvgIpc) is 2.12. The summed E-state index contributed by atoms with van der Waals surface area (Å²) in [6.07, 6.45) is 0.849. The molecule has 0 heterocycles. The summed E-state index contributed by atoms with van der Waals surface area (Å²) in [5, 5.41) is 0. The lowest BCUT2D eigenvalue weighted by atomic mass is 10.1. The van der Waals surface area contributed by atoms with E-state index in [2.05, 4.69) is 0 Å². The van der Waals surface area contributed by atoms with Crippen molar-refractivity contribution in [2.24, 2.45) is 11.5 Å². The molecule has 0 bridgehead atoms. The van der Waals surface area contributed by atoms with Crippen LogP contribution in [0.15, 0.2) is 0 Å². The number of hydrogen-bond donors (Lipinski definition) is 2. The zero-order valence-corrected chi connectivity index (χ0v) is 10.9. The highest BCUT2D eigenvalue weighted by molar-refractivity contribution is 6.67. The highest BCUT2D eigenvalue weighted by Crippen LogP contribution is 2.30. The molecule has 0 radical (unpaired) electrons. The van der Waals surface area contributed by atoms with Crippen molar-refractivity contribution >= 4 is 8.56 Å². The van der Waals surface area contributed by atoms with Gasteiger partial charge in [-0.2, -0.15) is 0 Å². The quantitative estimate of drug-likeness (QED) is 0.650. The van der Waals surface area contributed by atoms with Crippen LogP contribution in [-0.4, -0.2) is 34.9 Å². The molecule has 0 aliphatic rings. The highest BCUT2D eigenvalue weighted by Gasteiger charge is 2.41. The lowest BCUT2D eigenvalue weighted by molar-refractivity contribution is 0.226. The maximum Gasteiger partial charge on any atom is 0.339 e. The fourth-order valence-corrected chi connectivity index (χ4v) is 4.22. The molecule has 0 saturated heterocycles. The topological polar surface area (TPSA) is 70.5 Å². The van der Waals surface area contributed by atoms with Gasteiger partial charge in [-0.1, -0.05) is 0 Å². The lowest BCUT2D eigenvalue weighted by Crippen LogP contribution is -2.49. The van der Waals surface area contributed by atoms with Gasteiger partial charge in [-0.25, -0.2) is 0 Å². The predicted octanol–water partition coefficient (Wildman–Crippen LogP) is 0.806. The van der Waals surface area contributed by atoms with Crippen LogP contribution in [0.3, 0.4) is 0 Å². The molecule has 0 aromatic heterocycles. The standard InChI is InChI=1S/C9H24N2O2Si/c1-7(10)6-9(8(2)11)14(5,12-3)13-4/h7-9H,6,10-11H2,1-5H3. The fraction of sp³-hybridized carbons (Fsp3) is 1.00. The Bertz CT molecular complexity index is 161. The van der Waals surface area contributed by atoms with Crippen LogP contribution in [0.4, 0.5) is 0 Å². The van der Waals surface area contributed by atoms with Gasteiger partial charge in [-0.15, -0.1) is 0 Å². The molecule has 3 unspecified atom stereocenters. The summed E-state index contributed by atoms with van der Waals surface area (Å²) in [4.78, 5) is 0. The van der Waals surface area contributed by atoms with Crippen molar-refractivity contribution < 1.29 is 8.85 Å². The molecule has 14 heavy (non-hydrogen) atoms. The first-order valence-corrected chi connectivity index (χ1v) is 7.38. The van der Waals surface area contributed by atoms with Gasteiger partial charge in [0.05, 0.1) is 0 Å². The lowest BCUT2D eigenvalue weighted by Gasteiger charge is -2.35. The summed E-state index contributed by atoms with van der Waals surface area (Å²) in [7, 11) is 1.22. The SMILES string of the molecule is CO[Si](C)(OC)C(CC(C)N)C(C)N. The zero-order chi connectivity index (χ0) is 11.4. The summed E-state index contributed by atoms with van der Waals surface area (Å²) in [6, 6.07) is 0.181. The van der Waals surface area contributed by atoms with Gasteiger partial charge in [-0.3, -0.25) is 0 Å². The minimum Gasteiger partial charge on any atom is -0.398 e. The van der Waals surface area contributed by atoms with Gasteiger partial charge in [0.1, 0.15) is 0 Å².